The van der Waals surface area contributed by atoms with Crippen molar-refractivity contribution in [2.75, 3.05) is 5.48 Å². The first-order chi connectivity index (χ1) is 6.59. The third-order valence-electron chi connectivity index (χ3n) is 1.37. The minimum absolute atomic E-state index is 0.0675. The van der Waals surface area contributed by atoms with E-state index in [-0.39, 0.29) is 5.69 Å². The summed E-state index contributed by atoms with van der Waals surface area (Å²) >= 11 is 0. The van der Waals surface area contributed by atoms with E-state index in [1.165, 1.54) is 25.1 Å². The van der Waals surface area contributed by atoms with Crippen LogP contribution in [-0.4, -0.2) is 10.9 Å². The van der Waals surface area contributed by atoms with Crippen molar-refractivity contribution in [1.82, 2.24) is 0 Å². The number of carbonyl (C=O) groups is 1. The smallest absolute Gasteiger partial charge is 0.329 e. The van der Waals surface area contributed by atoms with Crippen LogP contribution in [0.25, 0.3) is 0 Å². The summed E-state index contributed by atoms with van der Waals surface area (Å²) in [6.45, 7) is 1.23. The highest BCUT2D eigenvalue weighted by molar-refractivity contribution is 5.67. The van der Waals surface area contributed by atoms with E-state index >= 15 is 0 Å². The summed E-state index contributed by atoms with van der Waals surface area (Å²) in [6.07, 6.45) is 0. The molecule has 0 aliphatic rings. The van der Waals surface area contributed by atoms with E-state index in [4.69, 9.17) is 0 Å². The molecule has 1 aromatic carbocycles. The molecule has 0 bridgehead atoms. The zero-order valence-corrected chi connectivity index (χ0v) is 7.39. The van der Waals surface area contributed by atoms with E-state index in [2.05, 4.69) is 10.3 Å². The van der Waals surface area contributed by atoms with Crippen molar-refractivity contribution in [3.05, 3.63) is 34.4 Å². The van der Waals surface area contributed by atoms with Gasteiger partial charge in [-0.2, -0.15) is 0 Å². The summed E-state index contributed by atoms with van der Waals surface area (Å²) in [5.74, 6) is -0.517. The van der Waals surface area contributed by atoms with Gasteiger partial charge in [-0.3, -0.25) is 14.9 Å². The molecule has 1 aromatic rings. The number of hydrogen-bond donors (Lipinski definition) is 1. The van der Waals surface area contributed by atoms with Crippen LogP contribution in [0.2, 0.25) is 0 Å². The van der Waals surface area contributed by atoms with Crippen LogP contribution < -0.4 is 5.48 Å². The first-order valence-electron chi connectivity index (χ1n) is 3.77. The average Bonchev–Trinajstić information content (AvgIpc) is 2.15. The van der Waals surface area contributed by atoms with E-state index in [1.54, 1.807) is 6.07 Å². The number of carbonyl (C=O) groups excluding carboxylic acids is 1. The fraction of sp³-hybridized carbons (Fsp3) is 0.125. The van der Waals surface area contributed by atoms with Gasteiger partial charge >= 0.3 is 5.97 Å². The first-order valence-corrected chi connectivity index (χ1v) is 3.77. The molecule has 0 saturated carbocycles. The minimum atomic E-state index is -0.529. The molecule has 0 saturated heterocycles. The maximum Gasteiger partial charge on any atom is 0.329 e. The monoisotopic (exact) mass is 196 g/mol. The quantitative estimate of drug-likeness (QED) is 0.584. The van der Waals surface area contributed by atoms with Crippen LogP contribution in [0.4, 0.5) is 11.4 Å². The van der Waals surface area contributed by atoms with Crippen molar-refractivity contribution < 1.29 is 14.6 Å². The molecular formula is C8H8N2O4. The second-order valence-corrected chi connectivity index (χ2v) is 2.50. The zero-order chi connectivity index (χ0) is 10.6. The van der Waals surface area contributed by atoms with Crippen LogP contribution in [0.5, 0.6) is 0 Å². The molecular weight excluding hydrogens is 188 g/mol. The number of benzene rings is 1. The van der Waals surface area contributed by atoms with Crippen LogP contribution in [0, 0.1) is 10.1 Å². The van der Waals surface area contributed by atoms with E-state index in [1.807, 2.05) is 0 Å². The van der Waals surface area contributed by atoms with Gasteiger partial charge in [-0.05, 0) is 6.07 Å². The molecule has 6 heteroatoms. The normalized spacial score (nSPS) is 9.21. The predicted molar refractivity (Wildman–Crippen MR) is 48.5 cm³/mol. The largest absolute Gasteiger partial charge is 0.344 e. The van der Waals surface area contributed by atoms with E-state index in [9.17, 15) is 14.9 Å². The van der Waals surface area contributed by atoms with Crippen LogP contribution >= 0.6 is 0 Å². The van der Waals surface area contributed by atoms with Crippen molar-refractivity contribution in [2.45, 2.75) is 6.92 Å². The Morgan fingerprint density at radius 1 is 1.57 bits per heavy atom. The molecule has 0 aromatic heterocycles. The average molecular weight is 196 g/mol. The highest BCUT2D eigenvalue weighted by atomic mass is 16.7. The fourth-order valence-corrected chi connectivity index (χ4v) is 0.814. The summed E-state index contributed by atoms with van der Waals surface area (Å²) in [6, 6.07) is 5.65. The molecule has 1 rings (SSSR count). The van der Waals surface area contributed by atoms with Crippen molar-refractivity contribution in [3.8, 4) is 0 Å². The number of nitro benzene ring substituents is 1. The lowest BCUT2D eigenvalue weighted by atomic mass is 10.3. The number of anilines is 1. The second kappa shape index (κ2) is 4.22. The summed E-state index contributed by atoms with van der Waals surface area (Å²) < 4.78 is 0. The van der Waals surface area contributed by atoms with Crippen molar-refractivity contribution in [3.63, 3.8) is 0 Å². The Morgan fingerprint density at radius 2 is 2.29 bits per heavy atom. The molecule has 0 heterocycles. The van der Waals surface area contributed by atoms with Gasteiger partial charge in [0.2, 0.25) is 0 Å². The summed E-state index contributed by atoms with van der Waals surface area (Å²) in [5.41, 5.74) is 2.57. The van der Waals surface area contributed by atoms with Crippen LogP contribution in [0.15, 0.2) is 24.3 Å². The maximum absolute atomic E-state index is 10.4. The van der Waals surface area contributed by atoms with Gasteiger partial charge in [-0.1, -0.05) is 6.07 Å². The molecule has 0 aliphatic carbocycles. The molecule has 0 aliphatic heterocycles. The number of nitro groups is 1. The third-order valence-corrected chi connectivity index (χ3v) is 1.37. The van der Waals surface area contributed by atoms with E-state index < -0.39 is 10.9 Å². The number of hydrogen-bond acceptors (Lipinski definition) is 5. The number of non-ortho nitro benzene ring substituents is 1. The summed E-state index contributed by atoms with van der Waals surface area (Å²) in [7, 11) is 0. The highest BCUT2D eigenvalue weighted by Crippen LogP contribution is 2.16. The Hall–Kier alpha value is -2.11. The van der Waals surface area contributed by atoms with Gasteiger partial charge in [0.25, 0.3) is 5.69 Å². The Bertz CT molecular complexity index is 364. The third kappa shape index (κ3) is 2.74. The molecule has 14 heavy (non-hydrogen) atoms. The standard InChI is InChI=1S/C8H8N2O4/c1-6(11)14-9-7-3-2-4-8(5-7)10(12)13/h2-5,9H,1H3. The molecule has 74 valence electrons. The van der Waals surface area contributed by atoms with Crippen molar-refractivity contribution in [2.24, 2.45) is 0 Å². The molecule has 6 nitrogen and oxygen atoms in total. The Kier molecular flexibility index (Phi) is 3.01. The molecule has 1 N–H and O–H groups in total. The van der Waals surface area contributed by atoms with Gasteiger partial charge in [0.1, 0.15) is 0 Å². The van der Waals surface area contributed by atoms with Crippen molar-refractivity contribution >= 4 is 17.3 Å². The molecule has 0 spiro atoms. The summed E-state index contributed by atoms with van der Waals surface area (Å²) in [5, 5.41) is 10.4. The predicted octanol–water partition coefficient (Wildman–Crippen LogP) is 1.48. The van der Waals surface area contributed by atoms with Crippen LogP contribution in [-0.2, 0) is 9.63 Å². The lowest BCUT2D eigenvalue weighted by Gasteiger charge is -2.03. The molecule has 0 fully saturated rings. The molecule has 0 unspecified atom stereocenters. The van der Waals surface area contributed by atoms with Gasteiger partial charge in [0.05, 0.1) is 10.6 Å². The van der Waals surface area contributed by atoms with Crippen LogP contribution in [0.1, 0.15) is 6.92 Å². The van der Waals surface area contributed by atoms with Gasteiger partial charge in [0, 0.05) is 19.1 Å². The SMILES string of the molecule is CC(=O)ONc1cccc([N+](=O)[O-])c1. The van der Waals surface area contributed by atoms with Crippen LogP contribution in [0.3, 0.4) is 0 Å². The Labute approximate surface area is 79.6 Å². The van der Waals surface area contributed by atoms with Gasteiger partial charge in [-0.15, -0.1) is 0 Å². The minimum Gasteiger partial charge on any atom is -0.344 e. The maximum atomic E-state index is 10.4. The second-order valence-electron chi connectivity index (χ2n) is 2.50. The van der Waals surface area contributed by atoms with Gasteiger partial charge in [-0.25, -0.2) is 5.48 Å². The number of rotatable bonds is 3. The van der Waals surface area contributed by atoms with Gasteiger partial charge in [0.15, 0.2) is 0 Å². The fourth-order valence-electron chi connectivity index (χ4n) is 0.814. The Balaban J connectivity index is 2.73. The number of nitrogens with one attached hydrogen (secondary N) is 1. The molecule has 0 amide bonds. The highest BCUT2D eigenvalue weighted by Gasteiger charge is 2.05. The van der Waals surface area contributed by atoms with Crippen molar-refractivity contribution in [1.29, 1.82) is 0 Å². The zero-order valence-electron chi connectivity index (χ0n) is 7.39. The number of nitrogens with zero attached hydrogens (tertiary/aromatic N) is 1. The lowest BCUT2D eigenvalue weighted by Crippen LogP contribution is -2.06. The molecule has 0 radical (unpaired) electrons. The topological polar surface area (TPSA) is 81.5 Å². The van der Waals surface area contributed by atoms with E-state index in [0.29, 0.717) is 5.69 Å². The molecule has 0 atom stereocenters. The lowest BCUT2D eigenvalue weighted by molar-refractivity contribution is -0.384. The van der Waals surface area contributed by atoms with Gasteiger partial charge < -0.3 is 4.84 Å². The summed E-state index contributed by atoms with van der Waals surface area (Å²) in [4.78, 5) is 24.7. The van der Waals surface area contributed by atoms with E-state index in [0.717, 1.165) is 0 Å². The first kappa shape index (κ1) is 9.97. The Morgan fingerprint density at radius 3 is 2.86 bits per heavy atom.